The van der Waals surface area contributed by atoms with E-state index in [1.54, 1.807) is 0 Å². The number of hydrogen-bond acceptors (Lipinski definition) is 3. The van der Waals surface area contributed by atoms with Gasteiger partial charge in [-0.15, -0.1) is 0 Å². The molecule has 0 unspecified atom stereocenters. The first-order chi connectivity index (χ1) is 8.93. The summed E-state index contributed by atoms with van der Waals surface area (Å²) in [6.45, 7) is 2.13. The molecule has 0 atom stereocenters. The van der Waals surface area contributed by atoms with Gasteiger partial charge in [0.25, 0.3) is 0 Å². The lowest BCUT2D eigenvalue weighted by Gasteiger charge is -2.27. The fourth-order valence-corrected chi connectivity index (χ4v) is 4.65. The molecule has 19 heavy (non-hydrogen) atoms. The first-order valence-corrected chi connectivity index (χ1v) is 8.28. The van der Waals surface area contributed by atoms with Gasteiger partial charge in [-0.3, -0.25) is 0 Å². The van der Waals surface area contributed by atoms with Crippen molar-refractivity contribution in [2.24, 2.45) is 5.92 Å². The second kappa shape index (κ2) is 5.49. The van der Waals surface area contributed by atoms with E-state index in [0.29, 0.717) is 18.8 Å². The molecule has 0 spiro atoms. The molecule has 0 aliphatic heterocycles. The molecule has 2 N–H and O–H groups in total. The third-order valence-electron chi connectivity index (χ3n) is 4.03. The number of rotatable bonds is 3. The van der Waals surface area contributed by atoms with E-state index in [4.69, 9.17) is 5.73 Å². The van der Waals surface area contributed by atoms with Crippen LogP contribution in [0.15, 0.2) is 23.1 Å². The van der Waals surface area contributed by atoms with E-state index >= 15 is 0 Å². The van der Waals surface area contributed by atoms with Crippen molar-refractivity contribution in [3.05, 3.63) is 24.0 Å². The van der Waals surface area contributed by atoms with E-state index in [1.807, 2.05) is 0 Å². The zero-order valence-electron chi connectivity index (χ0n) is 11.1. The van der Waals surface area contributed by atoms with Gasteiger partial charge in [0.2, 0.25) is 0 Å². The molecule has 0 amide bonds. The summed E-state index contributed by atoms with van der Waals surface area (Å²) in [6.07, 6.45) is 4.30. The molecule has 0 heterocycles. The molecule has 3 nitrogen and oxygen atoms in total. The largest absolute Gasteiger partial charge is 0.399 e. The van der Waals surface area contributed by atoms with Crippen LogP contribution in [0.3, 0.4) is 0 Å². The van der Waals surface area contributed by atoms with Crippen molar-refractivity contribution in [2.75, 3.05) is 5.73 Å². The first-order valence-electron chi connectivity index (χ1n) is 6.73. The summed E-state index contributed by atoms with van der Waals surface area (Å²) in [5.41, 5.74) is 5.68. The molecule has 5 heteroatoms. The number of hydrogen-bond donors (Lipinski definition) is 1. The first kappa shape index (κ1) is 14.3. The van der Waals surface area contributed by atoms with Crippen LogP contribution in [0, 0.1) is 11.7 Å². The monoisotopic (exact) mass is 285 g/mol. The van der Waals surface area contributed by atoms with Crippen LogP contribution in [0.4, 0.5) is 10.1 Å². The van der Waals surface area contributed by atoms with Gasteiger partial charge in [0, 0.05) is 5.69 Å². The topological polar surface area (TPSA) is 60.2 Å². The highest BCUT2D eigenvalue weighted by Crippen LogP contribution is 2.33. The van der Waals surface area contributed by atoms with Gasteiger partial charge in [0.05, 0.1) is 10.1 Å². The van der Waals surface area contributed by atoms with Crippen molar-refractivity contribution < 1.29 is 12.8 Å². The van der Waals surface area contributed by atoms with Crippen molar-refractivity contribution in [1.82, 2.24) is 0 Å². The number of nitrogen functional groups attached to an aromatic ring is 1. The third kappa shape index (κ3) is 3.08. The Labute approximate surface area is 113 Å². The maximum Gasteiger partial charge on any atom is 0.181 e. The van der Waals surface area contributed by atoms with E-state index in [0.717, 1.165) is 31.4 Å². The number of sulfone groups is 1. The molecule has 1 fully saturated rings. The summed E-state index contributed by atoms with van der Waals surface area (Å²) in [5, 5.41) is -0.392. The molecule has 1 aromatic rings. The summed E-state index contributed by atoms with van der Waals surface area (Å²) in [6, 6.07) is 3.55. The molecule has 1 aliphatic carbocycles. The lowest BCUT2D eigenvalue weighted by molar-refractivity contribution is 0.348. The fourth-order valence-electron chi connectivity index (χ4n) is 2.79. The lowest BCUT2D eigenvalue weighted by atomic mass is 9.87. The average molecular weight is 285 g/mol. The summed E-state index contributed by atoms with van der Waals surface area (Å²) in [5.74, 6) is 0.0323. The Morgan fingerprint density at radius 2 is 1.84 bits per heavy atom. The molecule has 1 aromatic carbocycles. The SMILES string of the molecule is CCC1CCC(S(=O)(=O)c2cc(N)cc(F)c2)CC1. The molecular formula is C14H20FNO2S. The van der Waals surface area contributed by atoms with Crippen molar-refractivity contribution in [3.8, 4) is 0 Å². The Morgan fingerprint density at radius 3 is 2.37 bits per heavy atom. The van der Waals surface area contributed by atoms with E-state index in [9.17, 15) is 12.8 Å². The molecule has 106 valence electrons. The number of anilines is 1. The van der Waals surface area contributed by atoms with Crippen molar-refractivity contribution in [3.63, 3.8) is 0 Å². The van der Waals surface area contributed by atoms with E-state index in [2.05, 4.69) is 6.92 Å². The van der Waals surface area contributed by atoms with Gasteiger partial charge >= 0.3 is 0 Å². The van der Waals surface area contributed by atoms with Gasteiger partial charge in [-0.05, 0) is 49.8 Å². The molecular weight excluding hydrogens is 265 g/mol. The Bertz CT molecular complexity index is 528. The lowest BCUT2D eigenvalue weighted by Crippen LogP contribution is -2.27. The predicted molar refractivity (Wildman–Crippen MR) is 74.0 cm³/mol. The molecule has 0 bridgehead atoms. The maximum atomic E-state index is 13.3. The van der Waals surface area contributed by atoms with Gasteiger partial charge in [-0.25, -0.2) is 12.8 Å². The summed E-state index contributed by atoms with van der Waals surface area (Å²) in [7, 11) is -3.46. The van der Waals surface area contributed by atoms with E-state index in [-0.39, 0.29) is 10.6 Å². The summed E-state index contributed by atoms with van der Waals surface area (Å²) >= 11 is 0. The zero-order chi connectivity index (χ0) is 14.0. The fraction of sp³-hybridized carbons (Fsp3) is 0.571. The molecule has 1 aliphatic rings. The summed E-state index contributed by atoms with van der Waals surface area (Å²) in [4.78, 5) is 0.0185. The highest BCUT2D eigenvalue weighted by Gasteiger charge is 2.31. The van der Waals surface area contributed by atoms with Gasteiger partial charge in [-0.1, -0.05) is 13.3 Å². The highest BCUT2D eigenvalue weighted by molar-refractivity contribution is 7.92. The van der Waals surface area contributed by atoms with Crippen LogP contribution >= 0.6 is 0 Å². The van der Waals surface area contributed by atoms with Crippen LogP contribution in [-0.2, 0) is 9.84 Å². The minimum absolute atomic E-state index is 0.0185. The molecule has 0 saturated heterocycles. The Hall–Kier alpha value is -1.10. The minimum Gasteiger partial charge on any atom is -0.399 e. The third-order valence-corrected chi connectivity index (χ3v) is 6.27. The second-order valence-corrected chi connectivity index (χ2v) is 7.54. The molecule has 1 saturated carbocycles. The predicted octanol–water partition coefficient (Wildman–Crippen LogP) is 3.15. The van der Waals surface area contributed by atoms with Crippen LogP contribution in [0.25, 0.3) is 0 Å². The van der Waals surface area contributed by atoms with E-state index < -0.39 is 20.9 Å². The smallest absolute Gasteiger partial charge is 0.181 e. The number of benzene rings is 1. The standard InChI is InChI=1S/C14H20FNO2S/c1-2-10-3-5-13(6-4-10)19(17,18)14-8-11(15)7-12(16)9-14/h7-10,13H,2-6,16H2,1H3. The van der Waals surface area contributed by atoms with Gasteiger partial charge in [0.15, 0.2) is 9.84 Å². The van der Waals surface area contributed by atoms with Crippen LogP contribution in [-0.4, -0.2) is 13.7 Å². The Balaban J connectivity index is 2.23. The van der Waals surface area contributed by atoms with Crippen molar-refractivity contribution in [2.45, 2.75) is 49.2 Å². The Morgan fingerprint density at radius 1 is 1.21 bits per heavy atom. The molecule has 0 aromatic heterocycles. The van der Waals surface area contributed by atoms with Crippen LogP contribution < -0.4 is 5.73 Å². The number of halogens is 1. The van der Waals surface area contributed by atoms with Crippen molar-refractivity contribution >= 4 is 15.5 Å². The zero-order valence-corrected chi connectivity index (χ0v) is 11.9. The van der Waals surface area contributed by atoms with Gasteiger partial charge < -0.3 is 5.73 Å². The Kier molecular flexibility index (Phi) is 4.13. The minimum atomic E-state index is -3.46. The quantitative estimate of drug-likeness (QED) is 0.868. The summed E-state index contributed by atoms with van der Waals surface area (Å²) < 4.78 is 38.2. The highest BCUT2D eigenvalue weighted by atomic mass is 32.2. The second-order valence-electron chi connectivity index (χ2n) is 5.32. The number of nitrogens with two attached hydrogens (primary N) is 1. The van der Waals surface area contributed by atoms with Crippen molar-refractivity contribution in [1.29, 1.82) is 0 Å². The van der Waals surface area contributed by atoms with Gasteiger partial charge in [0.1, 0.15) is 5.82 Å². The van der Waals surface area contributed by atoms with Gasteiger partial charge in [-0.2, -0.15) is 0 Å². The van der Waals surface area contributed by atoms with E-state index in [1.165, 1.54) is 6.07 Å². The normalized spacial score (nSPS) is 24.3. The van der Waals surface area contributed by atoms with Crippen LogP contribution in [0.5, 0.6) is 0 Å². The molecule has 0 radical (unpaired) electrons. The maximum absolute atomic E-state index is 13.3. The molecule has 2 rings (SSSR count). The average Bonchev–Trinajstić information content (AvgIpc) is 2.37. The van der Waals surface area contributed by atoms with Crippen LogP contribution in [0.1, 0.15) is 39.0 Å². The van der Waals surface area contributed by atoms with Crippen LogP contribution in [0.2, 0.25) is 0 Å².